The third kappa shape index (κ3) is 3.85. The second kappa shape index (κ2) is 7.15. The quantitative estimate of drug-likeness (QED) is 0.918. The minimum absolute atomic E-state index is 0.0434. The van der Waals surface area contributed by atoms with E-state index in [1.807, 2.05) is 30.3 Å². The number of anilines is 1. The van der Waals surface area contributed by atoms with Gasteiger partial charge in [-0.2, -0.15) is 0 Å². The number of hydrogen-bond acceptors (Lipinski definition) is 4. The predicted molar refractivity (Wildman–Crippen MR) is 96.6 cm³/mol. The molecule has 2 aromatic rings. The summed E-state index contributed by atoms with van der Waals surface area (Å²) in [5.74, 6) is 1.04. The van der Waals surface area contributed by atoms with Crippen molar-refractivity contribution in [2.24, 2.45) is 5.92 Å². The van der Waals surface area contributed by atoms with Gasteiger partial charge in [-0.3, -0.25) is 14.6 Å². The molecule has 1 aliphatic carbocycles. The molecule has 1 fully saturated rings. The van der Waals surface area contributed by atoms with Gasteiger partial charge in [0, 0.05) is 36.1 Å². The second-order valence-corrected chi connectivity index (χ2v) is 6.79. The van der Waals surface area contributed by atoms with Crippen LogP contribution in [0.4, 0.5) is 5.69 Å². The Balaban J connectivity index is 1.47. The molecule has 0 radical (unpaired) electrons. The molecule has 0 spiro atoms. The maximum atomic E-state index is 12.7. The molecule has 1 saturated carbocycles. The largest absolute Gasteiger partial charge is 0.491 e. The number of amides is 2. The van der Waals surface area contributed by atoms with Gasteiger partial charge < -0.3 is 15.0 Å². The van der Waals surface area contributed by atoms with Crippen LogP contribution < -0.4 is 10.1 Å². The number of rotatable bonds is 4. The van der Waals surface area contributed by atoms with Gasteiger partial charge >= 0.3 is 0 Å². The Morgan fingerprint density at radius 3 is 2.92 bits per heavy atom. The average molecular weight is 351 g/mol. The molecule has 2 aliphatic rings. The third-order valence-electron chi connectivity index (χ3n) is 4.69. The lowest BCUT2D eigenvalue weighted by molar-refractivity contribution is -0.131. The van der Waals surface area contributed by atoms with E-state index in [0.717, 1.165) is 35.4 Å². The maximum absolute atomic E-state index is 12.7. The summed E-state index contributed by atoms with van der Waals surface area (Å²) in [4.78, 5) is 30.5. The van der Waals surface area contributed by atoms with Crippen LogP contribution in [0.25, 0.3) is 0 Å². The second-order valence-electron chi connectivity index (χ2n) is 6.79. The Hall–Kier alpha value is -2.89. The van der Waals surface area contributed by atoms with Gasteiger partial charge in [0.05, 0.1) is 13.0 Å². The highest BCUT2D eigenvalue weighted by atomic mass is 16.5. The van der Waals surface area contributed by atoms with E-state index >= 15 is 0 Å². The first kappa shape index (κ1) is 16.6. The molecule has 6 heteroatoms. The molecule has 1 aromatic carbocycles. The number of fused-ring (bicyclic) bond motifs is 1. The van der Waals surface area contributed by atoms with Crippen LogP contribution in [0.2, 0.25) is 0 Å². The summed E-state index contributed by atoms with van der Waals surface area (Å²) in [6, 6.07) is 9.36. The van der Waals surface area contributed by atoms with Crippen molar-refractivity contribution in [1.29, 1.82) is 0 Å². The summed E-state index contributed by atoms with van der Waals surface area (Å²) in [5.41, 5.74) is 2.56. The fraction of sp³-hybridized carbons (Fsp3) is 0.350. The van der Waals surface area contributed by atoms with Gasteiger partial charge in [0.1, 0.15) is 12.4 Å². The SMILES string of the molecule is O=C(Nc1ccc2c(c1)CN(C(=O)Cc1cccnc1)CCO2)C1CC1. The number of carbonyl (C=O) groups is 2. The van der Waals surface area contributed by atoms with Crippen molar-refractivity contribution >= 4 is 17.5 Å². The molecule has 2 heterocycles. The zero-order chi connectivity index (χ0) is 17.9. The number of carbonyl (C=O) groups excluding carboxylic acids is 2. The average Bonchev–Trinajstić information content (AvgIpc) is 3.49. The lowest BCUT2D eigenvalue weighted by Crippen LogP contribution is -2.33. The lowest BCUT2D eigenvalue weighted by atomic mass is 10.1. The molecule has 1 aliphatic heterocycles. The molecule has 0 atom stereocenters. The summed E-state index contributed by atoms with van der Waals surface area (Å²) in [6.07, 6.45) is 5.67. The summed E-state index contributed by atoms with van der Waals surface area (Å²) in [6.45, 7) is 1.47. The molecule has 1 aromatic heterocycles. The molecule has 0 bridgehead atoms. The van der Waals surface area contributed by atoms with Gasteiger partial charge in [-0.15, -0.1) is 0 Å². The fourth-order valence-corrected chi connectivity index (χ4v) is 3.06. The van der Waals surface area contributed by atoms with Crippen molar-refractivity contribution < 1.29 is 14.3 Å². The highest BCUT2D eigenvalue weighted by Gasteiger charge is 2.29. The van der Waals surface area contributed by atoms with Gasteiger partial charge in [-0.1, -0.05) is 6.07 Å². The van der Waals surface area contributed by atoms with Crippen LogP contribution in [0.15, 0.2) is 42.7 Å². The third-order valence-corrected chi connectivity index (χ3v) is 4.69. The van der Waals surface area contributed by atoms with E-state index in [0.29, 0.717) is 26.1 Å². The van der Waals surface area contributed by atoms with E-state index in [1.165, 1.54) is 0 Å². The first-order valence-electron chi connectivity index (χ1n) is 8.92. The molecule has 2 amide bonds. The molecule has 6 nitrogen and oxygen atoms in total. The van der Waals surface area contributed by atoms with Crippen LogP contribution in [0.3, 0.4) is 0 Å². The summed E-state index contributed by atoms with van der Waals surface area (Å²) in [5, 5.41) is 2.95. The number of pyridine rings is 1. The normalized spacial score (nSPS) is 16.2. The molecule has 26 heavy (non-hydrogen) atoms. The number of ether oxygens (including phenoxy) is 1. The van der Waals surface area contributed by atoms with Crippen LogP contribution in [-0.2, 0) is 22.6 Å². The molecule has 134 valence electrons. The van der Waals surface area contributed by atoms with Gasteiger partial charge in [0.25, 0.3) is 0 Å². The van der Waals surface area contributed by atoms with Crippen LogP contribution in [0.1, 0.15) is 24.0 Å². The summed E-state index contributed by atoms with van der Waals surface area (Å²) in [7, 11) is 0. The molecular formula is C20H21N3O3. The van der Waals surface area contributed by atoms with Crippen molar-refractivity contribution in [1.82, 2.24) is 9.88 Å². The summed E-state index contributed by atoms with van der Waals surface area (Å²) >= 11 is 0. The van der Waals surface area contributed by atoms with Crippen LogP contribution >= 0.6 is 0 Å². The van der Waals surface area contributed by atoms with Crippen LogP contribution in [0, 0.1) is 5.92 Å². The Morgan fingerprint density at radius 2 is 2.15 bits per heavy atom. The van der Waals surface area contributed by atoms with Crippen molar-refractivity contribution in [3.63, 3.8) is 0 Å². The first-order chi connectivity index (χ1) is 12.7. The number of nitrogens with zero attached hydrogens (tertiary/aromatic N) is 2. The first-order valence-corrected chi connectivity index (χ1v) is 8.92. The van der Waals surface area contributed by atoms with E-state index in [1.54, 1.807) is 17.3 Å². The molecule has 4 rings (SSSR count). The number of hydrogen-bond donors (Lipinski definition) is 1. The molecule has 1 N–H and O–H groups in total. The monoisotopic (exact) mass is 351 g/mol. The number of nitrogens with one attached hydrogen (secondary N) is 1. The summed E-state index contributed by atoms with van der Waals surface area (Å²) < 4.78 is 5.78. The highest BCUT2D eigenvalue weighted by Crippen LogP contribution is 2.31. The number of aromatic nitrogens is 1. The predicted octanol–water partition coefficient (Wildman–Crippen LogP) is 2.39. The van der Waals surface area contributed by atoms with Crippen molar-refractivity contribution in [3.8, 4) is 5.75 Å². The highest BCUT2D eigenvalue weighted by molar-refractivity contribution is 5.94. The minimum atomic E-state index is 0.0434. The van der Waals surface area contributed by atoms with Crippen LogP contribution in [0.5, 0.6) is 5.75 Å². The van der Waals surface area contributed by atoms with Gasteiger partial charge in [-0.25, -0.2) is 0 Å². The minimum Gasteiger partial charge on any atom is -0.491 e. The zero-order valence-electron chi connectivity index (χ0n) is 14.5. The van der Waals surface area contributed by atoms with E-state index in [9.17, 15) is 9.59 Å². The Labute approximate surface area is 152 Å². The Bertz CT molecular complexity index is 818. The molecular weight excluding hydrogens is 330 g/mol. The van der Waals surface area contributed by atoms with E-state index in [2.05, 4.69) is 10.3 Å². The van der Waals surface area contributed by atoms with Crippen molar-refractivity contribution in [2.75, 3.05) is 18.5 Å². The maximum Gasteiger partial charge on any atom is 0.227 e. The van der Waals surface area contributed by atoms with Crippen molar-refractivity contribution in [2.45, 2.75) is 25.8 Å². The lowest BCUT2D eigenvalue weighted by Gasteiger charge is -2.20. The van der Waals surface area contributed by atoms with Crippen LogP contribution in [-0.4, -0.2) is 34.8 Å². The van der Waals surface area contributed by atoms with E-state index in [4.69, 9.17) is 4.74 Å². The van der Waals surface area contributed by atoms with Gasteiger partial charge in [0.2, 0.25) is 11.8 Å². The fourth-order valence-electron chi connectivity index (χ4n) is 3.06. The topological polar surface area (TPSA) is 71.5 Å². The smallest absolute Gasteiger partial charge is 0.227 e. The van der Waals surface area contributed by atoms with Gasteiger partial charge in [-0.05, 0) is 42.7 Å². The number of benzene rings is 1. The molecule has 0 saturated heterocycles. The molecule has 0 unspecified atom stereocenters. The van der Waals surface area contributed by atoms with Crippen molar-refractivity contribution in [3.05, 3.63) is 53.9 Å². The Morgan fingerprint density at radius 1 is 1.27 bits per heavy atom. The van der Waals surface area contributed by atoms with Gasteiger partial charge in [0.15, 0.2) is 0 Å². The van der Waals surface area contributed by atoms with E-state index < -0.39 is 0 Å². The Kier molecular flexibility index (Phi) is 4.56. The van der Waals surface area contributed by atoms with E-state index in [-0.39, 0.29) is 17.7 Å². The standard InChI is InChI=1S/C20H21N3O3/c24-19(10-14-2-1-7-21-12-14)23-8-9-26-18-6-5-17(11-16(18)13-23)22-20(25)15-3-4-15/h1-2,5-7,11-12,15H,3-4,8-10,13H2,(H,22,25). The zero-order valence-corrected chi connectivity index (χ0v) is 14.5.